The van der Waals surface area contributed by atoms with E-state index in [0.717, 1.165) is 25.7 Å². The van der Waals surface area contributed by atoms with Crippen molar-refractivity contribution in [2.75, 3.05) is 6.61 Å². The summed E-state index contributed by atoms with van der Waals surface area (Å²) in [4.78, 5) is 0. The van der Waals surface area contributed by atoms with E-state index in [0.29, 0.717) is 6.61 Å². The Morgan fingerprint density at radius 2 is 2.18 bits per heavy atom. The molecule has 2 heteroatoms. The van der Waals surface area contributed by atoms with Gasteiger partial charge >= 0.3 is 0 Å². The fourth-order valence-electron chi connectivity index (χ4n) is 0.850. The zero-order valence-corrected chi connectivity index (χ0v) is 8.88. The van der Waals surface area contributed by atoms with Crippen LogP contribution in [0, 0.1) is 0 Å². The molecule has 0 saturated heterocycles. The van der Waals surface area contributed by atoms with E-state index in [1.54, 1.807) is 0 Å². The van der Waals surface area contributed by atoms with Gasteiger partial charge in [0.05, 0.1) is 0 Å². The van der Waals surface area contributed by atoms with Crippen molar-refractivity contribution < 1.29 is 5.11 Å². The second-order valence-electron chi connectivity index (χ2n) is 2.44. The van der Waals surface area contributed by atoms with Crippen molar-refractivity contribution in [1.29, 1.82) is 0 Å². The summed E-state index contributed by atoms with van der Waals surface area (Å²) in [5.74, 6) is 0. The van der Waals surface area contributed by atoms with Crippen molar-refractivity contribution in [3.63, 3.8) is 0 Å². The third-order valence-corrected chi connectivity index (χ3v) is 2.35. The third kappa shape index (κ3) is 6.56. The van der Waals surface area contributed by atoms with Crippen LogP contribution in [-0.2, 0) is 0 Å². The maximum Gasteiger partial charge on any atom is 0.0431 e. The lowest BCUT2D eigenvalue weighted by Gasteiger charge is -2.01. The molecule has 0 aromatic heterocycles. The van der Waals surface area contributed by atoms with E-state index >= 15 is 0 Å². The fraction of sp³-hybridized carbons (Fsp3) is 0.556. The Morgan fingerprint density at radius 1 is 1.45 bits per heavy atom. The Balaban J connectivity index is 3.45. The lowest BCUT2D eigenvalue weighted by atomic mass is 10.1. The zero-order valence-electron chi connectivity index (χ0n) is 6.72. The van der Waals surface area contributed by atoms with E-state index < -0.39 is 0 Å². The molecule has 0 aliphatic heterocycles. The van der Waals surface area contributed by atoms with E-state index in [9.17, 15) is 0 Å². The summed E-state index contributed by atoms with van der Waals surface area (Å²) in [6, 6.07) is 0. The first kappa shape index (κ1) is 11.2. The normalized spacial score (nSPS) is 11.6. The van der Waals surface area contributed by atoms with Crippen molar-refractivity contribution in [3.8, 4) is 0 Å². The smallest absolute Gasteiger partial charge is 0.0431 e. The average molecular weight is 266 g/mol. The van der Waals surface area contributed by atoms with Gasteiger partial charge in [-0.1, -0.05) is 34.2 Å². The van der Waals surface area contributed by atoms with Crippen LogP contribution in [0.2, 0.25) is 0 Å². The van der Waals surface area contributed by atoms with Crippen LogP contribution in [0.15, 0.2) is 22.3 Å². The van der Waals surface area contributed by atoms with Crippen molar-refractivity contribution in [2.24, 2.45) is 0 Å². The van der Waals surface area contributed by atoms with Gasteiger partial charge in [0.2, 0.25) is 0 Å². The third-order valence-electron chi connectivity index (χ3n) is 1.47. The number of hydrogen-bond donors (Lipinski definition) is 1. The molecule has 0 aliphatic carbocycles. The van der Waals surface area contributed by atoms with Crippen LogP contribution >= 0.6 is 22.6 Å². The number of halogens is 1. The van der Waals surface area contributed by atoms with Gasteiger partial charge in [0.25, 0.3) is 0 Å². The Labute approximate surface area is 82.3 Å². The molecule has 0 unspecified atom stereocenters. The molecule has 0 spiro atoms. The van der Waals surface area contributed by atoms with Gasteiger partial charge in [-0.25, -0.2) is 0 Å². The molecule has 0 atom stereocenters. The minimum absolute atomic E-state index is 0.308. The monoisotopic (exact) mass is 266 g/mol. The summed E-state index contributed by atoms with van der Waals surface area (Å²) in [6.45, 7) is 3.99. The number of aliphatic hydroxyl groups excluding tert-OH is 1. The number of allylic oxidation sites excluding steroid dienone is 2. The van der Waals surface area contributed by atoms with Crippen molar-refractivity contribution in [2.45, 2.75) is 25.7 Å². The maximum atomic E-state index is 8.54. The maximum absolute atomic E-state index is 8.54. The van der Waals surface area contributed by atoms with E-state index in [4.69, 9.17) is 5.11 Å². The van der Waals surface area contributed by atoms with Crippen molar-refractivity contribution >= 4 is 22.6 Å². The van der Waals surface area contributed by atoms with Crippen molar-refractivity contribution in [3.05, 3.63) is 22.3 Å². The highest BCUT2D eigenvalue weighted by molar-refractivity contribution is 14.1. The summed E-state index contributed by atoms with van der Waals surface area (Å²) in [5.41, 5.74) is 1.41. The molecule has 1 nitrogen and oxygen atoms in total. The van der Waals surface area contributed by atoms with E-state index in [1.165, 1.54) is 5.57 Å². The highest BCUT2D eigenvalue weighted by atomic mass is 127. The van der Waals surface area contributed by atoms with Gasteiger partial charge in [0.15, 0.2) is 0 Å². The summed E-state index contributed by atoms with van der Waals surface area (Å²) < 4.78 is 2.11. The first-order valence-corrected chi connectivity index (χ1v) is 5.09. The van der Waals surface area contributed by atoms with Gasteiger partial charge in [-0.05, 0) is 29.8 Å². The molecule has 0 aliphatic rings. The van der Waals surface area contributed by atoms with Crippen LogP contribution in [0.25, 0.3) is 0 Å². The van der Waals surface area contributed by atoms with Gasteiger partial charge in [-0.3, -0.25) is 0 Å². The molecule has 0 bridgehead atoms. The molecule has 0 aromatic rings. The van der Waals surface area contributed by atoms with E-state index in [2.05, 4.69) is 33.3 Å². The summed E-state index contributed by atoms with van der Waals surface area (Å²) in [6.07, 6.45) is 5.98. The molecule has 1 N–H and O–H groups in total. The molecule has 11 heavy (non-hydrogen) atoms. The Morgan fingerprint density at radius 3 is 2.64 bits per heavy atom. The zero-order chi connectivity index (χ0) is 8.53. The van der Waals surface area contributed by atoms with Crippen molar-refractivity contribution in [1.82, 2.24) is 0 Å². The summed E-state index contributed by atoms with van der Waals surface area (Å²) >= 11 is 2.25. The quantitative estimate of drug-likeness (QED) is 0.445. The van der Waals surface area contributed by atoms with Crippen LogP contribution in [-0.4, -0.2) is 11.7 Å². The largest absolute Gasteiger partial charge is 0.396 e. The number of rotatable bonds is 6. The summed E-state index contributed by atoms with van der Waals surface area (Å²) in [5, 5.41) is 8.54. The molecular weight excluding hydrogens is 251 g/mol. The predicted molar refractivity (Wildman–Crippen MR) is 57.9 cm³/mol. The first-order valence-electron chi connectivity index (χ1n) is 3.85. The van der Waals surface area contributed by atoms with Gasteiger partial charge in [-0.2, -0.15) is 0 Å². The lowest BCUT2D eigenvalue weighted by molar-refractivity contribution is 0.284. The Hall–Kier alpha value is 0.170. The van der Waals surface area contributed by atoms with Crippen LogP contribution in [0.5, 0.6) is 0 Å². The second kappa shape index (κ2) is 8.27. The molecule has 0 aromatic carbocycles. The predicted octanol–water partition coefficient (Wildman–Crippen LogP) is 3.04. The molecule has 0 fully saturated rings. The Bertz CT molecular complexity index is 130. The molecule has 0 heterocycles. The van der Waals surface area contributed by atoms with Gasteiger partial charge in [0, 0.05) is 6.61 Å². The van der Waals surface area contributed by atoms with Gasteiger partial charge < -0.3 is 5.11 Å². The van der Waals surface area contributed by atoms with Crippen LogP contribution < -0.4 is 0 Å². The highest BCUT2D eigenvalue weighted by Gasteiger charge is 1.93. The molecular formula is C9H15IO. The Kier molecular flexibility index (Phi) is 8.40. The molecule has 0 rings (SSSR count). The summed E-state index contributed by atoms with van der Waals surface area (Å²) in [7, 11) is 0. The van der Waals surface area contributed by atoms with E-state index in [-0.39, 0.29) is 0 Å². The second-order valence-corrected chi connectivity index (χ2v) is 3.06. The van der Waals surface area contributed by atoms with Gasteiger partial charge in [-0.15, -0.1) is 6.58 Å². The SMILES string of the molecule is C=CC/C(=C\I)CCCCO. The first-order chi connectivity index (χ1) is 5.35. The molecule has 0 radical (unpaired) electrons. The number of aliphatic hydroxyl groups is 1. The van der Waals surface area contributed by atoms with Crippen LogP contribution in [0.3, 0.4) is 0 Å². The highest BCUT2D eigenvalue weighted by Crippen LogP contribution is 2.13. The molecule has 0 saturated carbocycles. The topological polar surface area (TPSA) is 20.2 Å². The van der Waals surface area contributed by atoms with Gasteiger partial charge in [0.1, 0.15) is 0 Å². The minimum atomic E-state index is 0.308. The molecule has 64 valence electrons. The van der Waals surface area contributed by atoms with Crippen LogP contribution in [0.4, 0.5) is 0 Å². The average Bonchev–Trinajstić information content (AvgIpc) is 2.03. The number of hydrogen-bond acceptors (Lipinski definition) is 1. The standard InChI is InChI=1S/C9H15IO/c1-2-5-9(8-10)6-3-4-7-11/h2,8,11H,1,3-7H2/b9-8+. The lowest BCUT2D eigenvalue weighted by Crippen LogP contribution is -1.85. The fourth-order valence-corrected chi connectivity index (χ4v) is 1.42. The minimum Gasteiger partial charge on any atom is -0.396 e. The van der Waals surface area contributed by atoms with Crippen LogP contribution in [0.1, 0.15) is 25.7 Å². The number of unbranched alkanes of at least 4 members (excludes halogenated alkanes) is 1. The van der Waals surface area contributed by atoms with E-state index in [1.807, 2.05) is 6.08 Å². The molecule has 0 amide bonds.